The summed E-state index contributed by atoms with van der Waals surface area (Å²) >= 11 is 0. The fourth-order valence-corrected chi connectivity index (χ4v) is 2.00. The molecule has 6 heteroatoms. The van der Waals surface area contributed by atoms with Crippen molar-refractivity contribution in [1.29, 1.82) is 0 Å². The summed E-state index contributed by atoms with van der Waals surface area (Å²) in [5.41, 5.74) is 1.16. The molecule has 0 saturated heterocycles. The second kappa shape index (κ2) is 6.65. The molecule has 0 bridgehead atoms. The van der Waals surface area contributed by atoms with Gasteiger partial charge < -0.3 is 5.32 Å². The topological polar surface area (TPSA) is 60.6 Å². The fraction of sp³-hybridized carbons (Fsp3) is 0.643. The summed E-state index contributed by atoms with van der Waals surface area (Å²) in [5.74, 6) is 1.50. The third-order valence-electron chi connectivity index (χ3n) is 3.02. The molecule has 0 aliphatic heterocycles. The second-order valence-corrected chi connectivity index (χ2v) is 5.77. The third kappa shape index (κ3) is 3.90. The highest BCUT2D eigenvalue weighted by atomic mass is 15.4. The van der Waals surface area contributed by atoms with Crippen LogP contribution in [0.5, 0.6) is 0 Å². The van der Waals surface area contributed by atoms with Gasteiger partial charge in [0.15, 0.2) is 0 Å². The summed E-state index contributed by atoms with van der Waals surface area (Å²) < 4.78 is 3.95. The lowest BCUT2D eigenvalue weighted by atomic mass is 10.2. The summed E-state index contributed by atoms with van der Waals surface area (Å²) in [7, 11) is 0. The Balaban J connectivity index is 2.07. The van der Waals surface area contributed by atoms with E-state index in [2.05, 4.69) is 48.2 Å². The van der Waals surface area contributed by atoms with E-state index in [9.17, 15) is 0 Å². The van der Waals surface area contributed by atoms with E-state index in [0.29, 0.717) is 18.5 Å². The van der Waals surface area contributed by atoms with Gasteiger partial charge in [-0.25, -0.2) is 9.67 Å². The molecule has 2 aromatic rings. The van der Waals surface area contributed by atoms with Crippen LogP contribution in [0.15, 0.2) is 18.6 Å². The van der Waals surface area contributed by atoms with E-state index in [4.69, 9.17) is 0 Å². The number of hydrogen-bond donors (Lipinski definition) is 1. The lowest BCUT2D eigenvalue weighted by molar-refractivity contribution is 0.452. The molecule has 0 aliphatic rings. The summed E-state index contributed by atoms with van der Waals surface area (Å²) in [6.45, 7) is 11.0. The quantitative estimate of drug-likeness (QED) is 0.836. The van der Waals surface area contributed by atoms with Crippen molar-refractivity contribution in [2.45, 2.75) is 53.4 Å². The highest BCUT2D eigenvalue weighted by Gasteiger charge is 2.10. The van der Waals surface area contributed by atoms with Crippen LogP contribution in [0, 0.1) is 5.92 Å². The van der Waals surface area contributed by atoms with Crippen molar-refractivity contribution in [3.63, 3.8) is 0 Å². The van der Waals surface area contributed by atoms with E-state index in [0.717, 1.165) is 24.6 Å². The van der Waals surface area contributed by atoms with Crippen molar-refractivity contribution in [3.8, 4) is 0 Å². The molecule has 6 nitrogen and oxygen atoms in total. The van der Waals surface area contributed by atoms with Crippen LogP contribution >= 0.6 is 0 Å². The van der Waals surface area contributed by atoms with Crippen LogP contribution in [-0.2, 0) is 19.6 Å². The van der Waals surface area contributed by atoms with Crippen molar-refractivity contribution in [2.24, 2.45) is 5.92 Å². The molecule has 0 spiro atoms. The number of rotatable bonds is 7. The van der Waals surface area contributed by atoms with Crippen molar-refractivity contribution >= 4 is 0 Å². The molecule has 0 aromatic carbocycles. The number of nitrogens with one attached hydrogen (secondary N) is 1. The van der Waals surface area contributed by atoms with Crippen molar-refractivity contribution in [1.82, 2.24) is 29.9 Å². The minimum absolute atomic E-state index is 0.461. The highest BCUT2D eigenvalue weighted by Crippen LogP contribution is 2.06. The molecule has 0 unspecified atom stereocenters. The normalized spacial score (nSPS) is 11.7. The first-order valence-corrected chi connectivity index (χ1v) is 7.17. The zero-order valence-electron chi connectivity index (χ0n) is 12.7. The van der Waals surface area contributed by atoms with Gasteiger partial charge in [0.05, 0.1) is 5.69 Å². The maximum absolute atomic E-state index is 4.38. The van der Waals surface area contributed by atoms with E-state index < -0.39 is 0 Å². The fourth-order valence-electron chi connectivity index (χ4n) is 2.00. The van der Waals surface area contributed by atoms with E-state index in [1.807, 2.05) is 21.6 Å². The Morgan fingerprint density at radius 1 is 1.15 bits per heavy atom. The molecule has 110 valence electrons. The zero-order chi connectivity index (χ0) is 14.5. The largest absolute Gasteiger partial charge is 0.309 e. The molecule has 0 radical (unpaired) electrons. The van der Waals surface area contributed by atoms with E-state index in [-0.39, 0.29) is 0 Å². The minimum Gasteiger partial charge on any atom is -0.309 e. The van der Waals surface area contributed by atoms with Gasteiger partial charge in [-0.2, -0.15) is 10.2 Å². The van der Waals surface area contributed by atoms with Gasteiger partial charge in [0.1, 0.15) is 18.7 Å². The summed E-state index contributed by atoms with van der Waals surface area (Å²) in [5, 5.41) is 12.1. The molecule has 1 N–H and O–H groups in total. The maximum Gasteiger partial charge on any atom is 0.148 e. The Labute approximate surface area is 120 Å². The Morgan fingerprint density at radius 2 is 1.95 bits per heavy atom. The van der Waals surface area contributed by atoms with Crippen LogP contribution in [0.4, 0.5) is 0 Å². The Kier molecular flexibility index (Phi) is 4.89. The van der Waals surface area contributed by atoms with E-state index >= 15 is 0 Å². The first kappa shape index (κ1) is 14.7. The third-order valence-corrected chi connectivity index (χ3v) is 3.02. The first-order valence-electron chi connectivity index (χ1n) is 7.17. The maximum atomic E-state index is 4.38. The van der Waals surface area contributed by atoms with E-state index in [1.54, 1.807) is 6.33 Å². The van der Waals surface area contributed by atoms with Gasteiger partial charge in [-0.1, -0.05) is 27.7 Å². The summed E-state index contributed by atoms with van der Waals surface area (Å²) in [6, 6.07) is 2.50. The minimum atomic E-state index is 0.461. The average molecular weight is 276 g/mol. The van der Waals surface area contributed by atoms with Crippen LogP contribution in [-0.4, -0.2) is 30.6 Å². The molecule has 0 amide bonds. The van der Waals surface area contributed by atoms with Crippen molar-refractivity contribution in [2.75, 3.05) is 0 Å². The molecule has 2 aromatic heterocycles. The first-order chi connectivity index (χ1) is 9.56. The lowest BCUT2D eigenvalue weighted by Crippen LogP contribution is -2.24. The Bertz CT molecular complexity index is 525. The Hall–Kier alpha value is -1.69. The van der Waals surface area contributed by atoms with Crippen LogP contribution in [0.25, 0.3) is 0 Å². The van der Waals surface area contributed by atoms with Crippen molar-refractivity contribution in [3.05, 3.63) is 30.1 Å². The van der Waals surface area contributed by atoms with Gasteiger partial charge in [-0.05, 0) is 12.0 Å². The zero-order valence-corrected chi connectivity index (χ0v) is 12.7. The molecule has 2 rings (SSSR count). The lowest BCUT2D eigenvalue weighted by Gasteiger charge is -2.12. The number of nitrogens with zero attached hydrogens (tertiary/aromatic N) is 5. The number of hydrogen-bond acceptors (Lipinski definition) is 4. The van der Waals surface area contributed by atoms with E-state index in [1.165, 1.54) is 0 Å². The molecule has 20 heavy (non-hydrogen) atoms. The standard InChI is InChI=1S/C14H24N6/c1-11(2)8-20-14(16-10-18-20)9-19-13(5-6-17-19)7-15-12(3)4/h5-6,10-12,15H,7-9H2,1-4H3. The molecular formula is C14H24N6. The summed E-state index contributed by atoms with van der Waals surface area (Å²) in [6.07, 6.45) is 3.45. The van der Waals surface area contributed by atoms with Crippen LogP contribution < -0.4 is 5.32 Å². The second-order valence-electron chi connectivity index (χ2n) is 5.77. The SMILES string of the molecule is CC(C)Cn1ncnc1Cn1nccc1CNC(C)C. The van der Waals surface area contributed by atoms with Crippen LogP contribution in [0.2, 0.25) is 0 Å². The van der Waals surface area contributed by atoms with Gasteiger partial charge in [0, 0.05) is 25.3 Å². The molecule has 2 heterocycles. The van der Waals surface area contributed by atoms with Crippen molar-refractivity contribution < 1.29 is 0 Å². The van der Waals surface area contributed by atoms with Gasteiger partial charge in [0.2, 0.25) is 0 Å². The Morgan fingerprint density at radius 3 is 2.65 bits per heavy atom. The monoisotopic (exact) mass is 276 g/mol. The predicted octanol–water partition coefficient (Wildman–Crippen LogP) is 1.68. The van der Waals surface area contributed by atoms with Crippen LogP contribution in [0.3, 0.4) is 0 Å². The highest BCUT2D eigenvalue weighted by molar-refractivity contribution is 5.02. The van der Waals surface area contributed by atoms with Gasteiger partial charge in [-0.15, -0.1) is 0 Å². The van der Waals surface area contributed by atoms with Gasteiger partial charge >= 0.3 is 0 Å². The molecule has 0 atom stereocenters. The van der Waals surface area contributed by atoms with Gasteiger partial charge in [-0.3, -0.25) is 4.68 Å². The predicted molar refractivity (Wildman–Crippen MR) is 78.2 cm³/mol. The molecule has 0 saturated carbocycles. The smallest absolute Gasteiger partial charge is 0.148 e. The average Bonchev–Trinajstić information content (AvgIpc) is 2.97. The molecule has 0 aliphatic carbocycles. The molecule has 0 fully saturated rings. The number of aromatic nitrogens is 5. The summed E-state index contributed by atoms with van der Waals surface area (Å²) in [4.78, 5) is 4.35. The molecular weight excluding hydrogens is 252 g/mol. The van der Waals surface area contributed by atoms with Gasteiger partial charge in [0.25, 0.3) is 0 Å². The van der Waals surface area contributed by atoms with Crippen LogP contribution in [0.1, 0.15) is 39.2 Å².